The van der Waals surface area contributed by atoms with Crippen LogP contribution in [-0.4, -0.2) is 28.8 Å². The van der Waals surface area contributed by atoms with E-state index < -0.39 is 6.04 Å². The number of rotatable bonds is 8. The quantitative estimate of drug-likeness (QED) is 0.672. The standard InChI is InChI=1S/C24H31ClN2O2/c1-6-18(4)26-24(29)19(5)27(15-20-9-7-8-10-22(20)25)23(28)14-21-13-16(2)11-12-17(21)3/h7-13,18-19H,6,14-15H2,1-5H3,(H,26,29)/t18-,19+/m0/s1. The van der Waals surface area contributed by atoms with Gasteiger partial charge in [-0.2, -0.15) is 0 Å². The number of hydrogen-bond donors (Lipinski definition) is 1. The molecule has 2 aromatic carbocycles. The first kappa shape index (κ1) is 23.0. The van der Waals surface area contributed by atoms with Gasteiger partial charge in [-0.1, -0.05) is 60.5 Å². The Labute approximate surface area is 179 Å². The molecule has 0 aliphatic heterocycles. The van der Waals surface area contributed by atoms with Gasteiger partial charge in [-0.3, -0.25) is 9.59 Å². The van der Waals surface area contributed by atoms with Crippen LogP contribution in [0, 0.1) is 13.8 Å². The minimum atomic E-state index is -0.599. The van der Waals surface area contributed by atoms with Crippen molar-refractivity contribution in [3.8, 4) is 0 Å². The molecule has 0 bridgehead atoms. The molecular formula is C24H31ClN2O2. The first-order chi connectivity index (χ1) is 13.7. The lowest BCUT2D eigenvalue weighted by Gasteiger charge is -2.30. The lowest BCUT2D eigenvalue weighted by Crippen LogP contribution is -2.50. The van der Waals surface area contributed by atoms with Crippen LogP contribution < -0.4 is 5.32 Å². The molecule has 0 heterocycles. The second-order valence-corrected chi connectivity index (χ2v) is 8.12. The minimum Gasteiger partial charge on any atom is -0.352 e. The van der Waals surface area contributed by atoms with E-state index in [1.54, 1.807) is 17.9 Å². The van der Waals surface area contributed by atoms with Gasteiger partial charge in [0.1, 0.15) is 6.04 Å². The normalized spacial score (nSPS) is 12.9. The number of aryl methyl sites for hydroxylation is 2. The third-order valence-corrected chi connectivity index (χ3v) is 5.68. The highest BCUT2D eigenvalue weighted by Crippen LogP contribution is 2.20. The first-order valence-corrected chi connectivity index (χ1v) is 10.5. The zero-order chi connectivity index (χ0) is 21.6. The third-order valence-electron chi connectivity index (χ3n) is 5.31. The predicted octanol–water partition coefficient (Wildman–Crippen LogP) is 4.83. The molecule has 0 aliphatic carbocycles. The molecule has 156 valence electrons. The molecule has 2 aromatic rings. The zero-order valence-electron chi connectivity index (χ0n) is 18.0. The average Bonchev–Trinajstić information content (AvgIpc) is 2.69. The van der Waals surface area contributed by atoms with Gasteiger partial charge in [0, 0.05) is 17.6 Å². The Hall–Kier alpha value is -2.33. The fourth-order valence-electron chi connectivity index (χ4n) is 3.11. The maximum absolute atomic E-state index is 13.3. The largest absolute Gasteiger partial charge is 0.352 e. The van der Waals surface area contributed by atoms with Crippen LogP contribution in [0.4, 0.5) is 0 Å². The van der Waals surface area contributed by atoms with E-state index in [2.05, 4.69) is 5.32 Å². The zero-order valence-corrected chi connectivity index (χ0v) is 18.7. The first-order valence-electron chi connectivity index (χ1n) is 10.1. The summed E-state index contributed by atoms with van der Waals surface area (Å²) in [5, 5.41) is 3.57. The number of nitrogens with zero attached hydrogens (tertiary/aromatic N) is 1. The molecule has 0 aromatic heterocycles. The van der Waals surface area contributed by atoms with E-state index >= 15 is 0 Å². The summed E-state index contributed by atoms with van der Waals surface area (Å²) < 4.78 is 0. The molecule has 2 rings (SSSR count). The van der Waals surface area contributed by atoms with Crippen LogP contribution in [0.3, 0.4) is 0 Å². The van der Waals surface area contributed by atoms with E-state index in [1.807, 2.05) is 64.1 Å². The van der Waals surface area contributed by atoms with Crippen LogP contribution in [0.5, 0.6) is 0 Å². The number of amides is 2. The summed E-state index contributed by atoms with van der Waals surface area (Å²) in [5.41, 5.74) is 3.98. The smallest absolute Gasteiger partial charge is 0.242 e. The van der Waals surface area contributed by atoms with Crippen molar-refractivity contribution in [1.82, 2.24) is 10.2 Å². The molecule has 4 nitrogen and oxygen atoms in total. The Kier molecular flexibility index (Phi) is 8.27. The van der Waals surface area contributed by atoms with E-state index in [0.717, 1.165) is 28.7 Å². The van der Waals surface area contributed by atoms with Crippen LogP contribution in [-0.2, 0) is 22.6 Å². The van der Waals surface area contributed by atoms with Crippen molar-refractivity contribution >= 4 is 23.4 Å². The summed E-state index contributed by atoms with van der Waals surface area (Å²) in [4.78, 5) is 27.7. The minimum absolute atomic E-state index is 0.0567. The van der Waals surface area contributed by atoms with E-state index in [-0.39, 0.29) is 24.3 Å². The van der Waals surface area contributed by atoms with Gasteiger partial charge in [0.05, 0.1) is 6.42 Å². The van der Waals surface area contributed by atoms with Crippen molar-refractivity contribution in [2.75, 3.05) is 0 Å². The monoisotopic (exact) mass is 414 g/mol. The molecule has 2 amide bonds. The predicted molar refractivity (Wildman–Crippen MR) is 119 cm³/mol. The van der Waals surface area contributed by atoms with Gasteiger partial charge >= 0.3 is 0 Å². The lowest BCUT2D eigenvalue weighted by molar-refractivity contribution is -0.140. The second kappa shape index (κ2) is 10.4. The topological polar surface area (TPSA) is 49.4 Å². The van der Waals surface area contributed by atoms with Crippen molar-refractivity contribution < 1.29 is 9.59 Å². The van der Waals surface area contributed by atoms with Crippen molar-refractivity contribution in [3.63, 3.8) is 0 Å². The fraction of sp³-hybridized carbons (Fsp3) is 0.417. The molecule has 5 heteroatoms. The fourth-order valence-corrected chi connectivity index (χ4v) is 3.31. The molecule has 0 aliphatic rings. The Morgan fingerprint density at radius 1 is 1.07 bits per heavy atom. The summed E-state index contributed by atoms with van der Waals surface area (Å²) in [7, 11) is 0. The van der Waals surface area contributed by atoms with Crippen LogP contribution in [0.2, 0.25) is 5.02 Å². The van der Waals surface area contributed by atoms with Gasteiger partial charge < -0.3 is 10.2 Å². The molecule has 0 saturated heterocycles. The van der Waals surface area contributed by atoms with Crippen molar-refractivity contribution in [2.24, 2.45) is 0 Å². The number of hydrogen-bond acceptors (Lipinski definition) is 2. The number of carbonyl (C=O) groups excluding carboxylic acids is 2. The molecule has 0 radical (unpaired) electrons. The number of benzene rings is 2. The number of halogens is 1. The van der Waals surface area contributed by atoms with Gasteiger partial charge in [0.15, 0.2) is 0 Å². The van der Waals surface area contributed by atoms with E-state index in [9.17, 15) is 9.59 Å². The highest BCUT2D eigenvalue weighted by molar-refractivity contribution is 6.31. The van der Waals surface area contributed by atoms with Crippen LogP contribution >= 0.6 is 11.6 Å². The molecular weight excluding hydrogens is 384 g/mol. The molecule has 0 fully saturated rings. The lowest BCUT2D eigenvalue weighted by atomic mass is 10.0. The maximum atomic E-state index is 13.3. The summed E-state index contributed by atoms with van der Waals surface area (Å²) in [5.74, 6) is -0.244. The summed E-state index contributed by atoms with van der Waals surface area (Å²) in [6.45, 7) is 10.1. The van der Waals surface area contributed by atoms with E-state index in [0.29, 0.717) is 11.6 Å². The van der Waals surface area contributed by atoms with Gasteiger partial charge in [0.2, 0.25) is 11.8 Å². The molecule has 29 heavy (non-hydrogen) atoms. The Bertz CT molecular complexity index is 866. The highest BCUT2D eigenvalue weighted by atomic mass is 35.5. The Balaban J connectivity index is 2.29. The number of nitrogens with one attached hydrogen (secondary N) is 1. The molecule has 0 spiro atoms. The van der Waals surface area contributed by atoms with Gasteiger partial charge in [-0.15, -0.1) is 0 Å². The van der Waals surface area contributed by atoms with Crippen molar-refractivity contribution in [2.45, 2.75) is 66.1 Å². The highest BCUT2D eigenvalue weighted by Gasteiger charge is 2.27. The maximum Gasteiger partial charge on any atom is 0.242 e. The van der Waals surface area contributed by atoms with Crippen molar-refractivity contribution in [1.29, 1.82) is 0 Å². The SMILES string of the molecule is CC[C@H](C)NC(=O)[C@@H](C)N(Cc1ccccc1Cl)C(=O)Cc1cc(C)ccc1C. The molecule has 2 atom stereocenters. The van der Waals surface area contributed by atoms with Gasteiger partial charge in [-0.05, 0) is 56.9 Å². The number of carbonyl (C=O) groups is 2. The van der Waals surface area contributed by atoms with Gasteiger partial charge in [0.25, 0.3) is 0 Å². The second-order valence-electron chi connectivity index (χ2n) is 7.71. The van der Waals surface area contributed by atoms with Crippen molar-refractivity contribution in [3.05, 3.63) is 69.7 Å². The van der Waals surface area contributed by atoms with E-state index in [4.69, 9.17) is 11.6 Å². The summed E-state index contributed by atoms with van der Waals surface area (Å²) in [6.07, 6.45) is 1.08. The Morgan fingerprint density at radius 3 is 2.41 bits per heavy atom. The molecule has 1 N–H and O–H groups in total. The average molecular weight is 415 g/mol. The summed E-state index contributed by atoms with van der Waals surface area (Å²) in [6, 6.07) is 13.0. The molecule has 0 unspecified atom stereocenters. The van der Waals surface area contributed by atoms with Crippen LogP contribution in [0.15, 0.2) is 42.5 Å². The summed E-state index contributed by atoms with van der Waals surface area (Å²) >= 11 is 6.33. The Morgan fingerprint density at radius 2 is 1.76 bits per heavy atom. The van der Waals surface area contributed by atoms with Crippen LogP contribution in [0.25, 0.3) is 0 Å². The van der Waals surface area contributed by atoms with E-state index in [1.165, 1.54) is 0 Å². The molecule has 0 saturated carbocycles. The van der Waals surface area contributed by atoms with Crippen LogP contribution in [0.1, 0.15) is 49.4 Å². The third kappa shape index (κ3) is 6.33. The van der Waals surface area contributed by atoms with Gasteiger partial charge in [-0.25, -0.2) is 0 Å².